The lowest BCUT2D eigenvalue weighted by molar-refractivity contribution is -0.126. The van der Waals surface area contributed by atoms with Crippen molar-refractivity contribution in [2.75, 3.05) is 26.2 Å². The third kappa shape index (κ3) is 9.57. The van der Waals surface area contributed by atoms with Crippen LogP contribution in [0.4, 0.5) is 14.4 Å². The molecule has 0 saturated carbocycles. The Bertz CT molecular complexity index is 1150. The molecule has 0 aromatic heterocycles. The maximum absolute atomic E-state index is 13.8. The van der Waals surface area contributed by atoms with Gasteiger partial charge >= 0.3 is 18.3 Å². The fourth-order valence-corrected chi connectivity index (χ4v) is 4.03. The number of ketones is 1. The number of hydrogen-bond donors (Lipinski definition) is 2. The van der Waals surface area contributed by atoms with Crippen LogP contribution in [0.5, 0.6) is 5.75 Å². The normalized spacial score (nSPS) is 15.9. The van der Waals surface area contributed by atoms with E-state index in [2.05, 4.69) is 10.6 Å². The zero-order chi connectivity index (χ0) is 29.1. The highest BCUT2D eigenvalue weighted by Gasteiger charge is 2.38. The lowest BCUT2D eigenvalue weighted by atomic mass is 9.96. The second-order valence-corrected chi connectivity index (χ2v) is 10.2. The standard InChI is InChI=1S/C29H37N3O8/c1-5-37-28(36)39-22-13-11-20(12-14-22)17-23(31-26(34)38-19-21-9-7-6-8-10-21)25(33)24-18-30-15-16-32(24)27(35)40-29(2,3)4/h6-14,23-24,30H,5,15-19H2,1-4H3,(H,31,34)/t23-,24?/m0/s1. The van der Waals surface area contributed by atoms with Crippen LogP contribution in [0.25, 0.3) is 0 Å². The monoisotopic (exact) mass is 555 g/mol. The number of piperazine rings is 1. The fraction of sp³-hybridized carbons (Fsp3) is 0.448. The van der Waals surface area contributed by atoms with Crippen molar-refractivity contribution >= 4 is 24.1 Å². The van der Waals surface area contributed by atoms with Crippen molar-refractivity contribution in [1.82, 2.24) is 15.5 Å². The summed E-state index contributed by atoms with van der Waals surface area (Å²) in [5.41, 5.74) is 0.748. The summed E-state index contributed by atoms with van der Waals surface area (Å²) in [6.07, 6.45) is -2.08. The van der Waals surface area contributed by atoms with Gasteiger partial charge in [-0.3, -0.25) is 9.69 Å². The fourth-order valence-electron chi connectivity index (χ4n) is 4.03. The van der Waals surface area contributed by atoms with E-state index >= 15 is 0 Å². The van der Waals surface area contributed by atoms with E-state index in [9.17, 15) is 19.2 Å². The van der Waals surface area contributed by atoms with Crippen molar-refractivity contribution < 1.29 is 38.1 Å². The van der Waals surface area contributed by atoms with Crippen molar-refractivity contribution in [1.29, 1.82) is 0 Å². The van der Waals surface area contributed by atoms with E-state index in [0.29, 0.717) is 12.1 Å². The molecule has 1 unspecified atom stereocenters. The minimum atomic E-state index is -1.02. The largest absolute Gasteiger partial charge is 0.513 e. The summed E-state index contributed by atoms with van der Waals surface area (Å²) >= 11 is 0. The molecule has 11 heteroatoms. The van der Waals surface area contributed by atoms with E-state index in [1.54, 1.807) is 52.0 Å². The van der Waals surface area contributed by atoms with Crippen molar-refractivity contribution in [3.05, 3.63) is 65.7 Å². The molecule has 1 fully saturated rings. The molecule has 1 aliphatic heterocycles. The second kappa shape index (κ2) is 14.3. The predicted octanol–water partition coefficient (Wildman–Crippen LogP) is 3.84. The Morgan fingerprint density at radius 2 is 1.70 bits per heavy atom. The summed E-state index contributed by atoms with van der Waals surface area (Å²) in [7, 11) is 0. The first-order chi connectivity index (χ1) is 19.1. The molecule has 11 nitrogen and oxygen atoms in total. The molecule has 1 heterocycles. The van der Waals surface area contributed by atoms with Crippen LogP contribution in [0, 0.1) is 0 Å². The number of Topliss-reactive ketones (excluding diaryl/α,β-unsaturated/α-hetero) is 1. The third-order valence-electron chi connectivity index (χ3n) is 5.87. The lowest BCUT2D eigenvalue weighted by Crippen LogP contribution is -2.61. The highest BCUT2D eigenvalue weighted by molar-refractivity contribution is 5.94. The third-order valence-corrected chi connectivity index (χ3v) is 5.87. The summed E-state index contributed by atoms with van der Waals surface area (Å²) in [4.78, 5) is 52.5. The molecule has 0 radical (unpaired) electrons. The van der Waals surface area contributed by atoms with Gasteiger partial charge in [-0.2, -0.15) is 0 Å². The molecule has 3 rings (SSSR count). The molecule has 0 spiro atoms. The SMILES string of the molecule is CCOC(=O)Oc1ccc(C[C@H](NC(=O)OCc2ccccc2)C(=O)C2CNCCN2C(=O)OC(C)(C)C)cc1. The smallest absolute Gasteiger partial charge is 0.445 e. The number of carbonyl (C=O) groups is 4. The van der Waals surface area contributed by atoms with Crippen LogP contribution in [0.2, 0.25) is 0 Å². The van der Waals surface area contributed by atoms with Crippen LogP contribution < -0.4 is 15.4 Å². The molecule has 0 bridgehead atoms. The molecule has 1 saturated heterocycles. The van der Waals surface area contributed by atoms with E-state index in [-0.39, 0.29) is 44.3 Å². The molecule has 40 heavy (non-hydrogen) atoms. The highest BCUT2D eigenvalue weighted by Crippen LogP contribution is 2.18. The Morgan fingerprint density at radius 3 is 2.35 bits per heavy atom. The van der Waals surface area contributed by atoms with Gasteiger partial charge in [0.1, 0.15) is 24.0 Å². The summed E-state index contributed by atoms with van der Waals surface area (Å²) in [5.74, 6) is -0.102. The van der Waals surface area contributed by atoms with Crippen LogP contribution in [-0.4, -0.2) is 73.0 Å². The Kier molecular flexibility index (Phi) is 10.9. The average molecular weight is 556 g/mol. The zero-order valence-electron chi connectivity index (χ0n) is 23.3. The van der Waals surface area contributed by atoms with Crippen LogP contribution in [-0.2, 0) is 32.0 Å². The number of ether oxygens (including phenoxy) is 4. The van der Waals surface area contributed by atoms with Crippen molar-refractivity contribution in [3.8, 4) is 5.75 Å². The Balaban J connectivity index is 1.77. The summed E-state index contributed by atoms with van der Waals surface area (Å²) in [6, 6.07) is 13.8. The van der Waals surface area contributed by atoms with Gasteiger partial charge in [0.25, 0.3) is 0 Å². The van der Waals surface area contributed by atoms with Gasteiger partial charge in [0.2, 0.25) is 0 Å². The average Bonchev–Trinajstić information content (AvgIpc) is 2.92. The molecule has 2 aromatic carbocycles. The van der Waals surface area contributed by atoms with Crippen LogP contribution in [0.3, 0.4) is 0 Å². The van der Waals surface area contributed by atoms with E-state index in [1.165, 1.54) is 4.90 Å². The molecule has 2 amide bonds. The van der Waals surface area contributed by atoms with Gasteiger partial charge in [-0.15, -0.1) is 0 Å². The number of rotatable bonds is 9. The molecule has 2 N–H and O–H groups in total. The van der Waals surface area contributed by atoms with Gasteiger partial charge < -0.3 is 29.6 Å². The number of hydrogen-bond acceptors (Lipinski definition) is 9. The van der Waals surface area contributed by atoms with Gasteiger partial charge in [0.15, 0.2) is 5.78 Å². The zero-order valence-corrected chi connectivity index (χ0v) is 23.3. The first-order valence-electron chi connectivity index (χ1n) is 13.2. The van der Waals surface area contributed by atoms with E-state index in [0.717, 1.165) is 5.56 Å². The second-order valence-electron chi connectivity index (χ2n) is 10.2. The molecule has 0 aliphatic carbocycles. The first kappa shape index (κ1) is 30.4. The number of nitrogens with zero attached hydrogens (tertiary/aromatic N) is 1. The molecular weight excluding hydrogens is 518 g/mol. The molecule has 2 aromatic rings. The van der Waals surface area contributed by atoms with E-state index < -0.39 is 36.0 Å². The Morgan fingerprint density at radius 1 is 1.00 bits per heavy atom. The Hall–Kier alpha value is -4.12. The lowest BCUT2D eigenvalue weighted by Gasteiger charge is -2.37. The molecule has 216 valence electrons. The molecule has 2 atom stereocenters. The minimum absolute atomic E-state index is 0.0303. The molecule has 1 aliphatic rings. The minimum Gasteiger partial charge on any atom is -0.445 e. The molecular formula is C29H37N3O8. The van der Waals surface area contributed by atoms with Gasteiger partial charge in [0.05, 0.1) is 12.6 Å². The highest BCUT2D eigenvalue weighted by atomic mass is 16.7. The van der Waals surface area contributed by atoms with Gasteiger partial charge in [0, 0.05) is 19.6 Å². The summed E-state index contributed by atoms with van der Waals surface area (Å²) < 4.78 is 20.8. The van der Waals surface area contributed by atoms with Crippen LogP contribution in [0.1, 0.15) is 38.8 Å². The van der Waals surface area contributed by atoms with Crippen molar-refractivity contribution in [2.45, 2.75) is 58.4 Å². The maximum Gasteiger partial charge on any atom is 0.513 e. The number of amides is 2. The summed E-state index contributed by atoms with van der Waals surface area (Å²) in [5, 5.41) is 5.83. The number of alkyl carbamates (subject to hydrolysis) is 1. The summed E-state index contributed by atoms with van der Waals surface area (Å²) in [6.45, 7) is 8.14. The first-order valence-corrected chi connectivity index (χ1v) is 13.2. The quantitative estimate of drug-likeness (QED) is 0.269. The number of benzene rings is 2. The van der Waals surface area contributed by atoms with E-state index in [1.807, 2.05) is 30.3 Å². The van der Waals surface area contributed by atoms with Crippen LogP contribution >= 0.6 is 0 Å². The van der Waals surface area contributed by atoms with Gasteiger partial charge in [-0.1, -0.05) is 42.5 Å². The van der Waals surface area contributed by atoms with Crippen molar-refractivity contribution in [2.24, 2.45) is 0 Å². The number of nitrogens with one attached hydrogen (secondary N) is 2. The van der Waals surface area contributed by atoms with Crippen LogP contribution in [0.15, 0.2) is 54.6 Å². The number of carbonyl (C=O) groups excluding carboxylic acids is 4. The topological polar surface area (TPSA) is 132 Å². The predicted molar refractivity (Wildman–Crippen MR) is 146 cm³/mol. The van der Waals surface area contributed by atoms with Crippen molar-refractivity contribution in [3.63, 3.8) is 0 Å². The van der Waals surface area contributed by atoms with E-state index in [4.69, 9.17) is 18.9 Å². The van der Waals surface area contributed by atoms with Gasteiger partial charge in [-0.05, 0) is 57.4 Å². The Labute approximate surface area is 234 Å². The van der Waals surface area contributed by atoms with Gasteiger partial charge in [-0.25, -0.2) is 14.4 Å². The maximum atomic E-state index is 13.8.